The number of aryl methyl sites for hydroxylation is 1. The Morgan fingerprint density at radius 1 is 0.850 bits per heavy atom. The topological polar surface area (TPSA) is 43.6 Å². The number of anilines is 2. The van der Waals surface area contributed by atoms with Crippen LogP contribution in [-0.2, 0) is 0 Å². The van der Waals surface area contributed by atoms with Crippen LogP contribution < -0.4 is 5.32 Å². The summed E-state index contributed by atoms with van der Waals surface area (Å²) in [5.41, 5.74) is 4.73. The number of fused-ring (bicyclic) bond motifs is 3. The van der Waals surface area contributed by atoms with Crippen LogP contribution in [-0.4, -0.2) is 10.2 Å². The second-order valence-electron chi connectivity index (χ2n) is 5.09. The van der Waals surface area contributed by atoms with Crippen LogP contribution in [0.2, 0.25) is 0 Å². The quantitative estimate of drug-likeness (QED) is 0.483. The summed E-state index contributed by atoms with van der Waals surface area (Å²) >= 11 is 0. The van der Waals surface area contributed by atoms with Crippen molar-refractivity contribution in [2.24, 2.45) is 0 Å². The van der Waals surface area contributed by atoms with E-state index in [9.17, 15) is 0 Å². The number of nitrogens with one attached hydrogen (secondary N) is 3. The van der Waals surface area contributed by atoms with E-state index in [2.05, 4.69) is 58.8 Å². The number of para-hydroxylation sites is 1. The smallest absolute Gasteiger partial charge is 0.132 e. The molecule has 3 nitrogen and oxygen atoms in total. The molecule has 3 N–H and O–H groups in total. The van der Waals surface area contributed by atoms with Crippen molar-refractivity contribution in [2.75, 3.05) is 5.32 Å². The van der Waals surface area contributed by atoms with E-state index in [0.29, 0.717) is 0 Å². The van der Waals surface area contributed by atoms with Crippen LogP contribution in [0.1, 0.15) is 5.56 Å². The van der Waals surface area contributed by atoms with E-state index in [0.717, 1.165) is 17.2 Å². The molecular formula is C17H15N3. The van der Waals surface area contributed by atoms with Crippen LogP contribution in [0.5, 0.6) is 0 Å². The summed E-state index contributed by atoms with van der Waals surface area (Å²) in [5.74, 6) is 1.00. The van der Waals surface area contributed by atoms with Gasteiger partial charge in [-0.2, -0.15) is 0 Å². The Morgan fingerprint density at radius 3 is 2.55 bits per heavy atom. The third-order valence-corrected chi connectivity index (χ3v) is 3.78. The highest BCUT2D eigenvalue weighted by Crippen LogP contribution is 2.39. The molecule has 0 amide bonds. The van der Waals surface area contributed by atoms with Crippen molar-refractivity contribution in [3.05, 3.63) is 60.2 Å². The molecule has 0 fully saturated rings. The first kappa shape index (κ1) is 11.2. The normalized spacial score (nSPS) is 11.2. The van der Waals surface area contributed by atoms with Crippen LogP contribution in [0.25, 0.3) is 22.0 Å². The molecule has 3 heteroatoms. The summed E-state index contributed by atoms with van der Waals surface area (Å²) in [5, 5.41) is 12.5. The summed E-state index contributed by atoms with van der Waals surface area (Å²) in [7, 11) is 0. The summed E-state index contributed by atoms with van der Waals surface area (Å²) in [4.78, 5) is 0. The van der Waals surface area contributed by atoms with Gasteiger partial charge in [-0.25, -0.2) is 0 Å². The number of benzene rings is 2. The molecule has 2 aliphatic rings. The highest BCUT2D eigenvalue weighted by Gasteiger charge is 2.17. The zero-order valence-corrected chi connectivity index (χ0v) is 11.2. The van der Waals surface area contributed by atoms with Crippen molar-refractivity contribution in [3.8, 4) is 11.3 Å². The Labute approximate surface area is 117 Å². The fraction of sp³-hybridized carbons (Fsp3) is 0.0588. The predicted octanol–water partition coefficient (Wildman–Crippen LogP) is 4.65. The van der Waals surface area contributed by atoms with Crippen LogP contribution in [0.3, 0.4) is 0 Å². The zero-order chi connectivity index (χ0) is 13.5. The molecule has 2 aromatic carbocycles. The number of hydrogen-bond acceptors (Lipinski definition) is 1. The van der Waals surface area contributed by atoms with E-state index < -0.39 is 0 Å². The molecule has 0 radical (unpaired) electrons. The van der Waals surface area contributed by atoms with Gasteiger partial charge >= 0.3 is 0 Å². The first-order valence-corrected chi connectivity index (χ1v) is 6.73. The van der Waals surface area contributed by atoms with E-state index in [1.165, 1.54) is 21.9 Å². The lowest BCUT2D eigenvalue weighted by Crippen LogP contribution is -1.90. The number of H-pyrrole nitrogens is 2. The van der Waals surface area contributed by atoms with Crippen molar-refractivity contribution in [1.29, 1.82) is 0 Å². The molecule has 20 heavy (non-hydrogen) atoms. The van der Waals surface area contributed by atoms with Gasteiger partial charge < -0.3 is 5.32 Å². The van der Waals surface area contributed by atoms with Gasteiger partial charge in [0.2, 0.25) is 0 Å². The fourth-order valence-corrected chi connectivity index (χ4v) is 2.74. The lowest BCUT2D eigenvalue weighted by atomic mass is 10.1. The molecule has 1 heterocycles. The Balaban J connectivity index is 1.84. The van der Waals surface area contributed by atoms with Gasteiger partial charge in [0.25, 0.3) is 0 Å². The number of hydrogen-bond donors (Lipinski definition) is 3. The molecule has 0 bridgehead atoms. The maximum atomic E-state index is 3.42. The Kier molecular flexibility index (Phi) is 2.33. The molecule has 0 unspecified atom stereocenters. The van der Waals surface area contributed by atoms with Gasteiger partial charge in [0.15, 0.2) is 0 Å². The van der Waals surface area contributed by atoms with Gasteiger partial charge in [0.1, 0.15) is 5.82 Å². The molecule has 0 atom stereocenters. The molecule has 1 aliphatic heterocycles. The SMILES string of the molecule is Cc1cccc2c3[nH][nH]c(Nc4ccccc4)c-3cc12. The fourth-order valence-electron chi connectivity index (χ4n) is 2.74. The van der Waals surface area contributed by atoms with E-state index in [1.807, 2.05) is 18.2 Å². The average molecular weight is 261 g/mol. The Bertz CT molecular complexity index is 839. The minimum Gasteiger partial charge on any atom is -0.340 e. The molecule has 0 aromatic heterocycles. The third kappa shape index (κ3) is 1.60. The second-order valence-corrected chi connectivity index (χ2v) is 5.09. The van der Waals surface area contributed by atoms with E-state index in [4.69, 9.17) is 0 Å². The summed E-state index contributed by atoms with van der Waals surface area (Å²) in [6.07, 6.45) is 0. The number of rotatable bonds is 2. The van der Waals surface area contributed by atoms with Gasteiger partial charge in [0.05, 0.1) is 5.69 Å². The highest BCUT2D eigenvalue weighted by molar-refractivity contribution is 6.05. The van der Waals surface area contributed by atoms with Gasteiger partial charge in [0, 0.05) is 16.6 Å². The molecule has 0 saturated carbocycles. The van der Waals surface area contributed by atoms with Crippen molar-refractivity contribution in [3.63, 3.8) is 0 Å². The molecule has 2 aromatic rings. The maximum absolute atomic E-state index is 3.42. The summed E-state index contributed by atoms with van der Waals surface area (Å²) < 4.78 is 0. The molecule has 4 rings (SSSR count). The largest absolute Gasteiger partial charge is 0.340 e. The minimum atomic E-state index is 1.00. The molecule has 98 valence electrons. The Morgan fingerprint density at radius 2 is 1.70 bits per heavy atom. The average Bonchev–Trinajstić information content (AvgIpc) is 3.02. The van der Waals surface area contributed by atoms with Crippen molar-refractivity contribution >= 4 is 22.3 Å². The number of aromatic nitrogens is 2. The van der Waals surface area contributed by atoms with Crippen molar-refractivity contribution in [1.82, 2.24) is 10.2 Å². The van der Waals surface area contributed by atoms with E-state index in [1.54, 1.807) is 0 Å². The molecular weight excluding hydrogens is 246 g/mol. The first-order valence-electron chi connectivity index (χ1n) is 6.73. The monoisotopic (exact) mass is 261 g/mol. The molecule has 1 aliphatic carbocycles. The van der Waals surface area contributed by atoms with E-state index in [-0.39, 0.29) is 0 Å². The minimum absolute atomic E-state index is 1.00. The van der Waals surface area contributed by atoms with Crippen LogP contribution in [0, 0.1) is 6.92 Å². The standard InChI is InChI=1S/C17H15N3/c1-11-6-5-9-13-14(11)10-15-16(13)19-20-17(15)18-12-7-3-2-4-8-12/h2-10,18-20H,1H3. The van der Waals surface area contributed by atoms with Crippen LogP contribution >= 0.6 is 0 Å². The van der Waals surface area contributed by atoms with Gasteiger partial charge in [-0.3, -0.25) is 10.2 Å². The van der Waals surface area contributed by atoms with Crippen molar-refractivity contribution < 1.29 is 0 Å². The predicted molar refractivity (Wildman–Crippen MR) is 83.7 cm³/mol. The lowest BCUT2D eigenvalue weighted by molar-refractivity contribution is 1.11. The highest BCUT2D eigenvalue weighted by atomic mass is 15.2. The maximum Gasteiger partial charge on any atom is 0.132 e. The molecule has 0 spiro atoms. The number of aromatic amines is 2. The van der Waals surface area contributed by atoms with Gasteiger partial charge in [-0.05, 0) is 36.1 Å². The third-order valence-electron chi connectivity index (χ3n) is 3.78. The van der Waals surface area contributed by atoms with Gasteiger partial charge in [-0.1, -0.05) is 36.4 Å². The van der Waals surface area contributed by atoms with Crippen LogP contribution in [0.15, 0.2) is 54.6 Å². The van der Waals surface area contributed by atoms with Gasteiger partial charge in [-0.15, -0.1) is 0 Å². The van der Waals surface area contributed by atoms with E-state index >= 15 is 0 Å². The lowest BCUT2D eigenvalue weighted by Gasteiger charge is -2.03. The summed E-state index contributed by atoms with van der Waals surface area (Å²) in [6, 6.07) is 18.8. The molecule has 0 saturated heterocycles. The van der Waals surface area contributed by atoms with Crippen LogP contribution in [0.4, 0.5) is 11.5 Å². The zero-order valence-electron chi connectivity index (χ0n) is 11.2. The first-order chi connectivity index (χ1) is 9.83. The summed E-state index contributed by atoms with van der Waals surface area (Å²) in [6.45, 7) is 2.15. The van der Waals surface area contributed by atoms with Crippen molar-refractivity contribution in [2.45, 2.75) is 6.92 Å². The second kappa shape index (κ2) is 4.17. The Hall–Kier alpha value is -2.68.